The highest BCUT2D eigenvalue weighted by Crippen LogP contribution is 2.36. The van der Waals surface area contributed by atoms with Gasteiger partial charge in [0, 0.05) is 27.1 Å². The summed E-state index contributed by atoms with van der Waals surface area (Å²) in [5.74, 6) is 0. The number of nitrogens with zero attached hydrogens (tertiary/aromatic N) is 1. The lowest BCUT2D eigenvalue weighted by Crippen LogP contribution is -2.41. The van der Waals surface area contributed by atoms with E-state index in [1.807, 2.05) is 27.7 Å². The van der Waals surface area contributed by atoms with Gasteiger partial charge >= 0.3 is 7.12 Å². The lowest BCUT2D eigenvalue weighted by molar-refractivity contribution is 0.00578. The fourth-order valence-electron chi connectivity index (χ4n) is 1.60. The average molecular weight is 239 g/mol. The van der Waals surface area contributed by atoms with Crippen LogP contribution in [0.3, 0.4) is 0 Å². The van der Waals surface area contributed by atoms with E-state index in [1.54, 1.807) is 0 Å². The summed E-state index contributed by atoms with van der Waals surface area (Å²) in [6.07, 6.45) is -0.483. The van der Waals surface area contributed by atoms with E-state index in [9.17, 15) is 0 Å². The number of rotatable bonds is 1. The number of aryl methyl sites for hydroxylation is 1. The van der Waals surface area contributed by atoms with Gasteiger partial charge in [0.15, 0.2) is 0 Å². The largest absolute Gasteiger partial charge is 0.498 e. The van der Waals surface area contributed by atoms with E-state index in [0.29, 0.717) is 0 Å². The first kappa shape index (κ1) is 7.39. The smallest absolute Gasteiger partial charge is 0.399 e. The maximum Gasteiger partial charge on any atom is 0.498 e. The van der Waals surface area contributed by atoms with Crippen molar-refractivity contribution in [2.75, 3.05) is 5.73 Å². The van der Waals surface area contributed by atoms with Crippen molar-refractivity contribution in [3.63, 3.8) is 0 Å². The SMILES string of the molecule is [2H]c1nc(C([2H])([2H])[2H])c(B2OC(C)(C)C(C)(C)O2)c(N)c1[2H]. The van der Waals surface area contributed by atoms with E-state index in [2.05, 4.69) is 4.98 Å². The topological polar surface area (TPSA) is 57.4 Å². The van der Waals surface area contributed by atoms with E-state index >= 15 is 0 Å². The molecule has 4 nitrogen and oxygen atoms in total. The predicted molar refractivity (Wildman–Crippen MR) is 69.1 cm³/mol. The predicted octanol–water partition coefficient (Wildman–Crippen LogP) is 1.27. The highest BCUT2D eigenvalue weighted by atomic mass is 16.7. The summed E-state index contributed by atoms with van der Waals surface area (Å²) < 4.78 is 49.8. The first-order valence-electron chi connectivity index (χ1n) is 7.90. The first-order valence-corrected chi connectivity index (χ1v) is 5.40. The zero-order valence-corrected chi connectivity index (χ0v) is 10.4. The summed E-state index contributed by atoms with van der Waals surface area (Å²) in [4.78, 5) is 3.72. The molecule has 1 aromatic heterocycles. The van der Waals surface area contributed by atoms with Gasteiger partial charge in [-0.25, -0.2) is 0 Å². The summed E-state index contributed by atoms with van der Waals surface area (Å²) in [5.41, 5.74) is 4.02. The van der Waals surface area contributed by atoms with Gasteiger partial charge in [-0.05, 0) is 40.6 Å². The summed E-state index contributed by atoms with van der Waals surface area (Å²) in [6.45, 7) is 4.72. The van der Waals surface area contributed by atoms with Gasteiger partial charge in [0.05, 0.1) is 13.9 Å². The van der Waals surface area contributed by atoms with Gasteiger partial charge in [-0.1, -0.05) is 0 Å². The molecule has 5 heteroatoms. The fourth-order valence-corrected chi connectivity index (χ4v) is 1.60. The highest BCUT2D eigenvalue weighted by molar-refractivity contribution is 6.64. The van der Waals surface area contributed by atoms with Crippen LogP contribution in [0.4, 0.5) is 5.69 Å². The van der Waals surface area contributed by atoms with E-state index in [-0.39, 0.29) is 22.9 Å². The molecule has 1 fully saturated rings. The van der Waals surface area contributed by atoms with Crippen molar-refractivity contribution in [1.29, 1.82) is 0 Å². The molecule has 1 aromatic rings. The molecule has 1 aliphatic heterocycles. The Kier molecular flexibility index (Phi) is 1.61. The van der Waals surface area contributed by atoms with Crippen LogP contribution >= 0.6 is 0 Å². The minimum atomic E-state index is -2.59. The van der Waals surface area contributed by atoms with E-state index in [0.717, 1.165) is 0 Å². The van der Waals surface area contributed by atoms with Gasteiger partial charge in [0.25, 0.3) is 0 Å². The van der Waals surface area contributed by atoms with Crippen LogP contribution in [0.2, 0.25) is 0 Å². The quantitative estimate of drug-likeness (QED) is 0.750. The molecule has 17 heavy (non-hydrogen) atoms. The van der Waals surface area contributed by atoms with Crippen LogP contribution in [0.25, 0.3) is 0 Å². The standard InChI is InChI=1S/C12H19BN2O2/c1-8-10(9(14)6-7-15-8)13-16-11(2,3)12(4,5)17-13/h6-7H,1-5H3,(H2,14,15)/i1D3,6D,7D. The molecule has 1 aliphatic rings. The van der Waals surface area contributed by atoms with E-state index < -0.39 is 31.3 Å². The zero-order chi connectivity index (χ0) is 17.1. The third-order valence-electron chi connectivity index (χ3n) is 3.39. The maximum atomic E-state index is 7.78. The molecule has 2 N–H and O–H groups in total. The molecule has 0 saturated carbocycles. The van der Waals surface area contributed by atoms with Crippen molar-refractivity contribution in [2.45, 2.75) is 45.7 Å². The Labute approximate surface area is 110 Å². The van der Waals surface area contributed by atoms with Crippen LogP contribution < -0.4 is 11.2 Å². The number of hydrogen-bond donors (Lipinski definition) is 1. The molecule has 2 rings (SSSR count). The Bertz CT molecular complexity index is 603. The molecule has 0 unspecified atom stereocenters. The van der Waals surface area contributed by atoms with Crippen LogP contribution in [0.15, 0.2) is 12.2 Å². The molecule has 0 aliphatic carbocycles. The Hall–Kier alpha value is -1.07. The Morgan fingerprint density at radius 2 is 1.94 bits per heavy atom. The maximum absolute atomic E-state index is 7.78. The molecule has 1 saturated heterocycles. The summed E-state index contributed by atoms with van der Waals surface area (Å²) in [5, 5.41) is 0. The summed E-state index contributed by atoms with van der Waals surface area (Å²) in [7, 11) is -1.04. The lowest BCUT2D eigenvalue weighted by Gasteiger charge is -2.32. The molecule has 0 spiro atoms. The Morgan fingerprint density at radius 3 is 2.47 bits per heavy atom. The molecular weight excluding hydrogens is 215 g/mol. The number of pyridine rings is 1. The third-order valence-corrected chi connectivity index (χ3v) is 3.39. The zero-order valence-electron chi connectivity index (χ0n) is 15.4. The van der Waals surface area contributed by atoms with Gasteiger partial charge in [0.1, 0.15) is 0 Å². The van der Waals surface area contributed by atoms with Gasteiger partial charge in [-0.2, -0.15) is 0 Å². The summed E-state index contributed by atoms with van der Waals surface area (Å²) >= 11 is 0. The van der Waals surface area contributed by atoms with Gasteiger partial charge in [-0.3, -0.25) is 4.98 Å². The number of aromatic nitrogens is 1. The first-order chi connectivity index (χ1) is 9.78. The number of anilines is 1. The van der Waals surface area contributed by atoms with Crippen molar-refractivity contribution in [2.24, 2.45) is 0 Å². The number of nitrogen functional groups attached to an aromatic ring is 1. The van der Waals surface area contributed by atoms with Gasteiger partial charge in [0.2, 0.25) is 0 Å². The molecule has 2 heterocycles. The molecular formula is C12H19BN2O2. The van der Waals surface area contributed by atoms with Crippen molar-refractivity contribution in [3.8, 4) is 0 Å². The minimum Gasteiger partial charge on any atom is -0.399 e. The molecule has 0 amide bonds. The summed E-state index contributed by atoms with van der Waals surface area (Å²) in [6, 6.07) is -0.335. The molecule has 0 atom stereocenters. The average Bonchev–Trinajstić information content (AvgIpc) is 2.53. The highest BCUT2D eigenvalue weighted by Gasteiger charge is 2.52. The second-order valence-electron chi connectivity index (χ2n) is 5.11. The van der Waals surface area contributed by atoms with Gasteiger partial charge < -0.3 is 15.0 Å². The molecule has 0 radical (unpaired) electrons. The van der Waals surface area contributed by atoms with Crippen LogP contribution in [0, 0.1) is 6.85 Å². The minimum absolute atomic E-state index is 0.0136. The molecule has 0 bridgehead atoms. The second-order valence-corrected chi connectivity index (χ2v) is 5.11. The molecule has 92 valence electrons. The number of hydrogen-bond acceptors (Lipinski definition) is 4. The number of nitrogens with two attached hydrogens (primary N) is 1. The van der Waals surface area contributed by atoms with Crippen molar-refractivity contribution < 1.29 is 16.2 Å². The Balaban J connectivity index is 2.64. The van der Waals surface area contributed by atoms with Crippen LogP contribution in [0.1, 0.15) is 40.2 Å². The van der Waals surface area contributed by atoms with Crippen molar-refractivity contribution in [1.82, 2.24) is 4.98 Å². The van der Waals surface area contributed by atoms with E-state index in [1.165, 1.54) is 0 Å². The monoisotopic (exact) mass is 239 g/mol. The Morgan fingerprint density at radius 1 is 1.35 bits per heavy atom. The van der Waals surface area contributed by atoms with E-state index in [4.69, 9.17) is 21.9 Å². The third kappa shape index (κ3) is 1.94. The van der Waals surface area contributed by atoms with Crippen LogP contribution in [0.5, 0.6) is 0 Å². The van der Waals surface area contributed by atoms with Crippen LogP contribution in [-0.2, 0) is 9.31 Å². The molecule has 0 aromatic carbocycles. The lowest BCUT2D eigenvalue weighted by atomic mass is 9.77. The van der Waals surface area contributed by atoms with Crippen molar-refractivity contribution in [3.05, 3.63) is 17.9 Å². The fraction of sp³-hybridized carbons (Fsp3) is 0.583. The second kappa shape index (κ2) is 3.72. The van der Waals surface area contributed by atoms with Crippen molar-refractivity contribution >= 4 is 18.3 Å². The van der Waals surface area contributed by atoms with Crippen LogP contribution in [-0.4, -0.2) is 23.3 Å². The van der Waals surface area contributed by atoms with Gasteiger partial charge in [-0.15, -0.1) is 0 Å². The normalized spacial score (nSPS) is 26.8.